The van der Waals surface area contributed by atoms with Gasteiger partial charge in [0.2, 0.25) is 0 Å². The van der Waals surface area contributed by atoms with Crippen LogP contribution < -0.4 is 5.32 Å². The maximum atomic E-state index is 5.91. The molecule has 0 saturated heterocycles. The quantitative estimate of drug-likeness (QED) is 0.920. The molecular formula is C12H16ClN5. The molecule has 0 unspecified atom stereocenters. The zero-order valence-corrected chi connectivity index (χ0v) is 11.5. The number of nitrogens with one attached hydrogen (secondary N) is 1. The fourth-order valence-electron chi connectivity index (χ4n) is 1.67. The molecule has 0 amide bonds. The lowest BCUT2D eigenvalue weighted by atomic mass is 10.2. The molecule has 96 valence electrons. The highest BCUT2D eigenvalue weighted by Crippen LogP contribution is 2.20. The molecule has 2 rings (SSSR count). The third-order valence-corrected chi connectivity index (χ3v) is 3.39. The molecule has 0 spiro atoms. The molecule has 0 aliphatic carbocycles. The van der Waals surface area contributed by atoms with E-state index >= 15 is 0 Å². The van der Waals surface area contributed by atoms with E-state index in [-0.39, 0.29) is 0 Å². The predicted octanol–water partition coefficient (Wildman–Crippen LogP) is 2.13. The summed E-state index contributed by atoms with van der Waals surface area (Å²) in [7, 11) is 1.99. The molecule has 0 aromatic carbocycles. The third kappa shape index (κ3) is 2.61. The van der Waals surface area contributed by atoms with Crippen molar-refractivity contribution in [1.29, 1.82) is 0 Å². The topological polar surface area (TPSA) is 55.6 Å². The van der Waals surface area contributed by atoms with Gasteiger partial charge >= 0.3 is 0 Å². The standard InChI is InChI=1S/C12H16ClN5/c1-8-9(2)12(17-16-11(8)13)15-5-4-10-14-6-7-18(10)3/h6-7H,4-5H2,1-3H3,(H,15,17). The second-order valence-electron chi connectivity index (χ2n) is 4.22. The summed E-state index contributed by atoms with van der Waals surface area (Å²) < 4.78 is 2.01. The number of halogens is 1. The molecule has 1 N–H and O–H groups in total. The van der Waals surface area contributed by atoms with Gasteiger partial charge in [0.25, 0.3) is 0 Å². The minimum absolute atomic E-state index is 0.460. The first-order valence-corrected chi connectivity index (χ1v) is 6.17. The molecule has 18 heavy (non-hydrogen) atoms. The van der Waals surface area contributed by atoms with E-state index in [1.54, 1.807) is 6.20 Å². The maximum Gasteiger partial charge on any atom is 0.155 e. The van der Waals surface area contributed by atoms with E-state index in [0.717, 1.165) is 35.7 Å². The van der Waals surface area contributed by atoms with Crippen LogP contribution in [-0.2, 0) is 13.5 Å². The summed E-state index contributed by atoms with van der Waals surface area (Å²) in [5.74, 6) is 1.82. The Bertz CT molecular complexity index is 549. The van der Waals surface area contributed by atoms with Gasteiger partial charge in [-0.1, -0.05) is 11.6 Å². The molecule has 0 fully saturated rings. The van der Waals surface area contributed by atoms with E-state index in [1.165, 1.54) is 0 Å². The Labute approximate surface area is 111 Å². The first kappa shape index (κ1) is 12.8. The summed E-state index contributed by atoms with van der Waals surface area (Å²) in [6.07, 6.45) is 4.58. The average Bonchev–Trinajstić information content (AvgIpc) is 2.75. The summed E-state index contributed by atoms with van der Waals surface area (Å²) in [6, 6.07) is 0. The molecular weight excluding hydrogens is 250 g/mol. The maximum absolute atomic E-state index is 5.91. The van der Waals surface area contributed by atoms with Crippen molar-refractivity contribution in [3.05, 3.63) is 34.5 Å². The van der Waals surface area contributed by atoms with E-state index in [9.17, 15) is 0 Å². The van der Waals surface area contributed by atoms with Crippen molar-refractivity contribution in [3.63, 3.8) is 0 Å². The number of aryl methyl sites for hydroxylation is 1. The largest absolute Gasteiger partial charge is 0.368 e. The Morgan fingerprint density at radius 3 is 2.72 bits per heavy atom. The van der Waals surface area contributed by atoms with Crippen molar-refractivity contribution in [3.8, 4) is 0 Å². The van der Waals surface area contributed by atoms with Crippen LogP contribution in [0.2, 0.25) is 5.15 Å². The highest BCUT2D eigenvalue weighted by atomic mass is 35.5. The summed E-state index contributed by atoms with van der Waals surface area (Å²) in [5.41, 5.74) is 2.00. The first-order valence-electron chi connectivity index (χ1n) is 5.79. The van der Waals surface area contributed by atoms with Gasteiger partial charge in [-0.05, 0) is 25.0 Å². The SMILES string of the molecule is Cc1c(Cl)nnc(NCCc2nccn2C)c1C. The van der Waals surface area contributed by atoms with Crippen molar-refractivity contribution < 1.29 is 0 Å². The average molecular weight is 266 g/mol. The van der Waals surface area contributed by atoms with Gasteiger partial charge in [-0.25, -0.2) is 4.98 Å². The van der Waals surface area contributed by atoms with Crippen LogP contribution in [0.4, 0.5) is 5.82 Å². The smallest absolute Gasteiger partial charge is 0.155 e. The number of rotatable bonds is 4. The van der Waals surface area contributed by atoms with E-state index in [4.69, 9.17) is 11.6 Å². The Balaban J connectivity index is 1.99. The van der Waals surface area contributed by atoms with Gasteiger partial charge in [0.15, 0.2) is 11.0 Å². The number of aromatic nitrogens is 4. The molecule has 0 saturated carbocycles. The molecule has 6 heteroatoms. The lowest BCUT2D eigenvalue weighted by molar-refractivity contribution is 0.786. The Kier molecular flexibility index (Phi) is 3.81. The number of nitrogens with zero attached hydrogens (tertiary/aromatic N) is 4. The van der Waals surface area contributed by atoms with Gasteiger partial charge in [-0.15, -0.1) is 10.2 Å². The highest BCUT2D eigenvalue weighted by Gasteiger charge is 2.07. The van der Waals surface area contributed by atoms with Crippen molar-refractivity contribution in [2.75, 3.05) is 11.9 Å². The number of anilines is 1. The van der Waals surface area contributed by atoms with Crippen LogP contribution in [0.5, 0.6) is 0 Å². The first-order chi connectivity index (χ1) is 8.59. The minimum atomic E-state index is 0.460. The van der Waals surface area contributed by atoms with Gasteiger partial charge in [0.05, 0.1) is 0 Å². The number of hydrogen-bond acceptors (Lipinski definition) is 4. The second-order valence-corrected chi connectivity index (χ2v) is 4.58. The molecule has 2 aromatic heterocycles. The van der Waals surface area contributed by atoms with Gasteiger partial charge in [-0.3, -0.25) is 0 Å². The number of hydrogen-bond donors (Lipinski definition) is 1. The van der Waals surface area contributed by atoms with E-state index < -0.39 is 0 Å². The summed E-state index contributed by atoms with van der Waals surface area (Å²) in [4.78, 5) is 4.27. The van der Waals surface area contributed by atoms with E-state index in [0.29, 0.717) is 5.15 Å². The van der Waals surface area contributed by atoms with Crippen molar-refractivity contribution >= 4 is 17.4 Å². The third-order valence-electron chi connectivity index (χ3n) is 3.03. The fourth-order valence-corrected chi connectivity index (χ4v) is 1.85. The van der Waals surface area contributed by atoms with Crippen molar-refractivity contribution in [2.45, 2.75) is 20.3 Å². The Morgan fingerprint density at radius 1 is 1.28 bits per heavy atom. The summed E-state index contributed by atoms with van der Waals surface area (Å²) >= 11 is 5.91. The predicted molar refractivity (Wildman–Crippen MR) is 71.9 cm³/mol. The second kappa shape index (κ2) is 5.35. The summed E-state index contributed by atoms with van der Waals surface area (Å²) in [6.45, 7) is 4.69. The van der Waals surface area contributed by atoms with Crippen LogP contribution in [0.15, 0.2) is 12.4 Å². The molecule has 0 atom stereocenters. The Morgan fingerprint density at radius 2 is 2.06 bits per heavy atom. The highest BCUT2D eigenvalue weighted by molar-refractivity contribution is 6.30. The van der Waals surface area contributed by atoms with Crippen molar-refractivity contribution in [2.24, 2.45) is 7.05 Å². The molecule has 5 nitrogen and oxygen atoms in total. The van der Waals surface area contributed by atoms with Crippen LogP contribution in [0.3, 0.4) is 0 Å². The normalized spacial score (nSPS) is 10.7. The molecule has 0 bridgehead atoms. The number of imidazole rings is 1. The van der Waals surface area contributed by atoms with Crippen LogP contribution in [0.1, 0.15) is 17.0 Å². The lowest BCUT2D eigenvalue weighted by Gasteiger charge is -2.10. The van der Waals surface area contributed by atoms with Gasteiger partial charge < -0.3 is 9.88 Å². The van der Waals surface area contributed by atoms with E-state index in [1.807, 2.05) is 31.7 Å². The Hall–Kier alpha value is -1.62. The van der Waals surface area contributed by atoms with Gasteiger partial charge in [0, 0.05) is 32.4 Å². The monoisotopic (exact) mass is 265 g/mol. The molecule has 2 heterocycles. The zero-order chi connectivity index (χ0) is 13.1. The van der Waals surface area contributed by atoms with Crippen LogP contribution in [0.25, 0.3) is 0 Å². The zero-order valence-electron chi connectivity index (χ0n) is 10.7. The molecule has 2 aromatic rings. The lowest BCUT2D eigenvalue weighted by Crippen LogP contribution is -2.11. The molecule has 0 radical (unpaired) electrons. The molecule has 0 aliphatic rings. The minimum Gasteiger partial charge on any atom is -0.368 e. The van der Waals surface area contributed by atoms with Crippen LogP contribution >= 0.6 is 11.6 Å². The van der Waals surface area contributed by atoms with Gasteiger partial charge in [0.1, 0.15) is 5.82 Å². The van der Waals surface area contributed by atoms with Crippen molar-refractivity contribution in [1.82, 2.24) is 19.7 Å². The fraction of sp³-hybridized carbons (Fsp3) is 0.417. The van der Waals surface area contributed by atoms with E-state index in [2.05, 4.69) is 20.5 Å². The van der Waals surface area contributed by atoms with Crippen LogP contribution in [-0.4, -0.2) is 26.3 Å². The molecule has 0 aliphatic heterocycles. The van der Waals surface area contributed by atoms with Gasteiger partial charge in [-0.2, -0.15) is 0 Å². The van der Waals surface area contributed by atoms with Crippen LogP contribution in [0, 0.1) is 13.8 Å². The summed E-state index contributed by atoms with van der Waals surface area (Å²) in [5, 5.41) is 11.7.